The molecule has 0 bridgehead atoms. The minimum absolute atomic E-state index is 0.00862. The van der Waals surface area contributed by atoms with E-state index in [0.29, 0.717) is 17.1 Å². The number of carboxylic acids is 1. The van der Waals surface area contributed by atoms with Crippen molar-refractivity contribution < 1.29 is 18.3 Å². The Morgan fingerprint density at radius 1 is 0.969 bits per heavy atom. The summed E-state index contributed by atoms with van der Waals surface area (Å²) in [5, 5.41) is 17.6. The van der Waals surface area contributed by atoms with Crippen LogP contribution in [0.1, 0.15) is 23.2 Å². The Morgan fingerprint density at radius 2 is 1.66 bits per heavy atom. The number of aromatic amines is 1. The summed E-state index contributed by atoms with van der Waals surface area (Å²) < 4.78 is 23.8. The Labute approximate surface area is 189 Å². The molecule has 0 fully saturated rings. The van der Waals surface area contributed by atoms with Crippen LogP contribution in [0.2, 0.25) is 5.02 Å². The highest BCUT2D eigenvalue weighted by Crippen LogP contribution is 2.35. The van der Waals surface area contributed by atoms with Crippen LogP contribution in [0.15, 0.2) is 54.6 Å². The maximum atomic E-state index is 11.9. The van der Waals surface area contributed by atoms with Crippen LogP contribution in [-0.4, -0.2) is 29.7 Å². The summed E-state index contributed by atoms with van der Waals surface area (Å²) in [6.45, 7) is 0. The molecule has 1 aliphatic rings. The van der Waals surface area contributed by atoms with Crippen LogP contribution in [0.25, 0.3) is 33.2 Å². The van der Waals surface area contributed by atoms with E-state index >= 15 is 0 Å². The predicted molar refractivity (Wildman–Crippen MR) is 124 cm³/mol. The third-order valence-electron chi connectivity index (χ3n) is 5.79. The average Bonchev–Trinajstić information content (AvgIpc) is 3.29. The Bertz CT molecular complexity index is 1470. The molecule has 0 saturated heterocycles. The van der Waals surface area contributed by atoms with E-state index in [0.717, 1.165) is 44.3 Å². The average molecular weight is 467 g/mol. The zero-order valence-electron chi connectivity index (χ0n) is 16.9. The molecule has 1 aromatic heterocycles. The van der Waals surface area contributed by atoms with Gasteiger partial charge in [-0.15, -0.1) is 0 Å². The van der Waals surface area contributed by atoms with Gasteiger partial charge in [0.15, 0.2) is 9.84 Å². The maximum Gasteiger partial charge on any atom is 0.303 e. The topological polar surface area (TPSA) is 100 Å². The van der Waals surface area contributed by atoms with E-state index in [2.05, 4.69) is 10.2 Å². The summed E-state index contributed by atoms with van der Waals surface area (Å²) in [7, 11) is -3.03. The first kappa shape index (κ1) is 20.7. The molecular weight excluding hydrogens is 448 g/mol. The second kappa shape index (κ2) is 7.76. The first-order chi connectivity index (χ1) is 15.3. The number of aromatic nitrogens is 2. The second-order valence-electron chi connectivity index (χ2n) is 8.03. The lowest BCUT2D eigenvalue weighted by Gasteiger charge is -2.09. The van der Waals surface area contributed by atoms with Crippen LogP contribution in [0.5, 0.6) is 0 Å². The van der Waals surface area contributed by atoms with Gasteiger partial charge < -0.3 is 5.11 Å². The van der Waals surface area contributed by atoms with Gasteiger partial charge in [-0.25, -0.2) is 8.42 Å². The Morgan fingerprint density at radius 3 is 2.41 bits per heavy atom. The number of halogens is 1. The van der Waals surface area contributed by atoms with Crippen LogP contribution in [0.3, 0.4) is 0 Å². The molecule has 0 spiro atoms. The van der Waals surface area contributed by atoms with Crippen molar-refractivity contribution >= 4 is 38.3 Å². The van der Waals surface area contributed by atoms with Gasteiger partial charge in [0.1, 0.15) is 0 Å². The quantitative estimate of drug-likeness (QED) is 0.431. The van der Waals surface area contributed by atoms with Gasteiger partial charge in [0.25, 0.3) is 0 Å². The van der Waals surface area contributed by atoms with Gasteiger partial charge in [-0.1, -0.05) is 48.0 Å². The number of H-pyrrole nitrogens is 1. The van der Waals surface area contributed by atoms with Gasteiger partial charge >= 0.3 is 5.97 Å². The van der Waals surface area contributed by atoms with Crippen LogP contribution < -0.4 is 0 Å². The predicted octanol–water partition coefficient (Wildman–Crippen LogP) is 5.00. The highest BCUT2D eigenvalue weighted by Gasteiger charge is 2.24. The molecule has 2 heterocycles. The summed E-state index contributed by atoms with van der Waals surface area (Å²) in [6, 6.07) is 17.5. The number of fused-ring (bicyclic) bond motifs is 2. The van der Waals surface area contributed by atoms with Gasteiger partial charge in [-0.2, -0.15) is 5.10 Å². The van der Waals surface area contributed by atoms with E-state index in [4.69, 9.17) is 16.7 Å². The van der Waals surface area contributed by atoms with Crippen LogP contribution in [0, 0.1) is 0 Å². The van der Waals surface area contributed by atoms with Crippen molar-refractivity contribution in [3.05, 3.63) is 76.4 Å². The van der Waals surface area contributed by atoms with Crippen molar-refractivity contribution in [2.45, 2.75) is 24.3 Å². The summed E-state index contributed by atoms with van der Waals surface area (Å²) in [5.41, 5.74) is 6.94. The molecule has 0 atom stereocenters. The summed E-state index contributed by atoms with van der Waals surface area (Å²) >= 11 is 6.52. The smallest absolute Gasteiger partial charge is 0.303 e. The van der Waals surface area contributed by atoms with E-state index < -0.39 is 15.8 Å². The summed E-state index contributed by atoms with van der Waals surface area (Å²) in [6.07, 6.45) is 0.345. The van der Waals surface area contributed by atoms with Crippen LogP contribution in [0.4, 0.5) is 0 Å². The van der Waals surface area contributed by atoms with Crippen molar-refractivity contribution in [2.75, 3.05) is 0 Å². The van der Waals surface area contributed by atoms with Crippen LogP contribution >= 0.6 is 11.6 Å². The molecule has 1 aliphatic heterocycles. The number of aliphatic carboxylic acids is 1. The standard InChI is InChI=1S/C24H19ClN2O4S/c25-21-11-23-20(22(26-27-23)7-8-24(28)29)10-19(21)15-3-1-14(2-4-15)16-5-6-17-12-32(30,31)13-18(17)9-16/h1-6,9-11H,7-8,12-13H2,(H,26,27)(H,28,29). The number of hydrogen-bond donors (Lipinski definition) is 2. The highest BCUT2D eigenvalue weighted by molar-refractivity contribution is 7.90. The third-order valence-corrected chi connectivity index (χ3v) is 7.61. The van der Waals surface area contributed by atoms with E-state index in [9.17, 15) is 13.2 Å². The summed E-state index contributed by atoms with van der Waals surface area (Å²) in [5.74, 6) is -0.654. The normalized spacial score (nSPS) is 14.5. The fourth-order valence-corrected chi connectivity index (χ4v) is 6.05. The second-order valence-corrected chi connectivity index (χ2v) is 10.5. The minimum atomic E-state index is -3.03. The zero-order valence-corrected chi connectivity index (χ0v) is 18.5. The number of sulfone groups is 1. The van der Waals surface area contributed by atoms with Gasteiger partial charge in [0, 0.05) is 17.4 Å². The Hall–Kier alpha value is -3.16. The van der Waals surface area contributed by atoms with Crippen molar-refractivity contribution in [3.8, 4) is 22.3 Å². The molecule has 0 amide bonds. The molecule has 5 rings (SSSR count). The molecule has 0 unspecified atom stereocenters. The van der Waals surface area contributed by atoms with Crippen molar-refractivity contribution in [3.63, 3.8) is 0 Å². The number of rotatable bonds is 5. The molecule has 0 aliphatic carbocycles. The molecule has 0 saturated carbocycles. The van der Waals surface area contributed by atoms with Crippen molar-refractivity contribution in [1.82, 2.24) is 10.2 Å². The lowest BCUT2D eigenvalue weighted by molar-refractivity contribution is -0.136. The molecule has 162 valence electrons. The van der Waals surface area contributed by atoms with E-state index in [1.807, 2.05) is 48.5 Å². The van der Waals surface area contributed by atoms with Gasteiger partial charge in [-0.3, -0.25) is 9.89 Å². The first-order valence-corrected chi connectivity index (χ1v) is 12.3. The van der Waals surface area contributed by atoms with Crippen LogP contribution in [-0.2, 0) is 32.6 Å². The maximum absolute atomic E-state index is 11.9. The fraction of sp³-hybridized carbons (Fsp3) is 0.167. The summed E-state index contributed by atoms with van der Waals surface area (Å²) in [4.78, 5) is 10.9. The number of benzene rings is 3. The molecule has 2 N–H and O–H groups in total. The number of carboxylic acid groups (broad SMARTS) is 1. The molecular formula is C24H19ClN2O4S. The highest BCUT2D eigenvalue weighted by atomic mass is 35.5. The van der Waals surface area contributed by atoms with Gasteiger partial charge in [0.05, 0.1) is 34.2 Å². The van der Waals surface area contributed by atoms with Gasteiger partial charge in [-0.05, 0) is 46.0 Å². The Balaban J connectivity index is 1.47. The first-order valence-electron chi connectivity index (χ1n) is 10.1. The van der Waals surface area contributed by atoms with E-state index in [-0.39, 0.29) is 17.9 Å². The number of nitrogens with zero attached hydrogens (tertiary/aromatic N) is 1. The van der Waals surface area contributed by atoms with E-state index in [1.54, 1.807) is 6.07 Å². The lowest BCUT2D eigenvalue weighted by Crippen LogP contribution is -1.98. The minimum Gasteiger partial charge on any atom is -0.481 e. The molecule has 6 nitrogen and oxygen atoms in total. The van der Waals surface area contributed by atoms with E-state index in [1.165, 1.54) is 0 Å². The number of nitrogens with one attached hydrogen (secondary N) is 1. The van der Waals surface area contributed by atoms with Crippen molar-refractivity contribution in [1.29, 1.82) is 0 Å². The molecule has 3 aromatic carbocycles. The molecule has 4 aromatic rings. The largest absolute Gasteiger partial charge is 0.481 e. The SMILES string of the molecule is O=C(O)CCc1n[nH]c2cc(Cl)c(-c3ccc(-c4ccc5c(c4)CS(=O)(=O)C5)cc3)cc12. The lowest BCUT2D eigenvalue weighted by atomic mass is 9.97. The number of carbonyl (C=O) groups is 1. The van der Waals surface area contributed by atoms with Crippen molar-refractivity contribution in [2.24, 2.45) is 0 Å². The zero-order chi connectivity index (χ0) is 22.5. The number of aryl methyl sites for hydroxylation is 1. The Kier molecular flexibility index (Phi) is 5.03. The molecule has 0 radical (unpaired) electrons. The monoisotopic (exact) mass is 466 g/mol. The molecule has 8 heteroatoms. The molecule has 32 heavy (non-hydrogen) atoms. The van der Waals surface area contributed by atoms with Gasteiger partial charge in [0.2, 0.25) is 0 Å². The fourth-order valence-electron chi connectivity index (χ4n) is 4.18. The number of hydrogen-bond acceptors (Lipinski definition) is 4. The third kappa shape index (κ3) is 3.89.